The molecule has 0 amide bonds. The number of rotatable bonds is 4. The van der Waals surface area contributed by atoms with Gasteiger partial charge >= 0.3 is 5.97 Å². The van der Waals surface area contributed by atoms with E-state index in [1.807, 2.05) is 25.3 Å². The van der Waals surface area contributed by atoms with E-state index in [-0.39, 0.29) is 0 Å². The van der Waals surface area contributed by atoms with Crippen LogP contribution in [0.2, 0.25) is 0 Å². The van der Waals surface area contributed by atoms with Crippen molar-refractivity contribution >= 4 is 5.97 Å². The minimum absolute atomic E-state index is 0.381. The standard InChI is InChI=1S/C20H21N5O2/c1-12-17(23-13(2)18(12)20(26)27)11-25-7-5-16-15(10-25)9-22-19(24-16)14-4-3-6-21-8-14/h3-4,6,8-9,23H,5,7,10-11H2,1-2H3,(H,26,27). The summed E-state index contributed by atoms with van der Waals surface area (Å²) in [5.74, 6) is -0.176. The summed E-state index contributed by atoms with van der Waals surface area (Å²) in [4.78, 5) is 30.3. The predicted octanol–water partition coefficient (Wildman–Crippen LogP) is 2.74. The number of pyridine rings is 1. The lowest BCUT2D eigenvalue weighted by Gasteiger charge is -2.28. The molecule has 1 aliphatic heterocycles. The van der Waals surface area contributed by atoms with Gasteiger partial charge in [-0.15, -0.1) is 0 Å². The highest BCUT2D eigenvalue weighted by molar-refractivity contribution is 5.91. The van der Waals surface area contributed by atoms with Crippen molar-refractivity contribution in [2.75, 3.05) is 6.54 Å². The zero-order valence-corrected chi connectivity index (χ0v) is 15.4. The van der Waals surface area contributed by atoms with Crippen LogP contribution in [0.5, 0.6) is 0 Å². The van der Waals surface area contributed by atoms with Crippen molar-refractivity contribution < 1.29 is 9.90 Å². The van der Waals surface area contributed by atoms with Crippen LogP contribution in [0.1, 0.15) is 38.6 Å². The third-order valence-corrected chi connectivity index (χ3v) is 5.07. The number of carboxylic acids is 1. The molecule has 0 saturated carbocycles. The van der Waals surface area contributed by atoms with Crippen LogP contribution in [0.4, 0.5) is 0 Å². The third-order valence-electron chi connectivity index (χ3n) is 5.07. The summed E-state index contributed by atoms with van der Waals surface area (Å²) in [7, 11) is 0. The van der Waals surface area contributed by atoms with Crippen molar-refractivity contribution in [1.29, 1.82) is 0 Å². The molecule has 1 aliphatic rings. The normalized spacial score (nSPS) is 14.1. The van der Waals surface area contributed by atoms with E-state index in [2.05, 4.69) is 19.9 Å². The topological polar surface area (TPSA) is 95.0 Å². The molecule has 3 aromatic rings. The van der Waals surface area contributed by atoms with Crippen molar-refractivity contribution in [2.24, 2.45) is 0 Å². The Balaban J connectivity index is 1.53. The quantitative estimate of drug-likeness (QED) is 0.740. The van der Waals surface area contributed by atoms with Gasteiger partial charge < -0.3 is 10.1 Å². The molecule has 7 heteroatoms. The van der Waals surface area contributed by atoms with E-state index in [1.54, 1.807) is 19.3 Å². The number of fused-ring (bicyclic) bond motifs is 1. The minimum atomic E-state index is -0.882. The molecule has 0 saturated heterocycles. The molecule has 138 valence electrons. The van der Waals surface area contributed by atoms with E-state index in [0.717, 1.165) is 47.6 Å². The van der Waals surface area contributed by atoms with Gasteiger partial charge in [0.2, 0.25) is 0 Å². The summed E-state index contributed by atoms with van der Waals surface area (Å²) >= 11 is 0. The summed E-state index contributed by atoms with van der Waals surface area (Å²) in [6.07, 6.45) is 6.25. The second kappa shape index (κ2) is 6.92. The van der Waals surface area contributed by atoms with Crippen molar-refractivity contribution in [1.82, 2.24) is 24.8 Å². The smallest absolute Gasteiger partial charge is 0.337 e. The number of hydrogen-bond acceptors (Lipinski definition) is 5. The van der Waals surface area contributed by atoms with Crippen molar-refractivity contribution in [3.8, 4) is 11.4 Å². The average molecular weight is 363 g/mol. The molecule has 4 rings (SSSR count). The first-order valence-electron chi connectivity index (χ1n) is 8.92. The number of H-pyrrole nitrogens is 1. The van der Waals surface area contributed by atoms with Crippen LogP contribution < -0.4 is 0 Å². The molecule has 0 atom stereocenters. The Labute approximate surface area is 157 Å². The van der Waals surface area contributed by atoms with E-state index in [1.165, 1.54) is 0 Å². The first-order chi connectivity index (χ1) is 13.0. The van der Waals surface area contributed by atoms with E-state index in [4.69, 9.17) is 4.98 Å². The van der Waals surface area contributed by atoms with E-state index < -0.39 is 5.97 Å². The number of carboxylic acid groups (broad SMARTS) is 1. The Bertz CT molecular complexity index is 997. The summed E-state index contributed by atoms with van der Waals surface area (Å²) in [5.41, 5.74) is 5.97. The SMILES string of the molecule is Cc1[nH]c(CN2CCc3nc(-c4cccnc4)ncc3C2)c(C)c1C(=O)O. The number of hydrogen-bond donors (Lipinski definition) is 2. The second-order valence-corrected chi connectivity index (χ2v) is 6.90. The summed E-state index contributed by atoms with van der Waals surface area (Å²) in [6.45, 7) is 5.98. The molecular formula is C20H21N5O2. The van der Waals surface area contributed by atoms with E-state index in [0.29, 0.717) is 23.6 Å². The van der Waals surface area contributed by atoms with Gasteiger partial charge in [-0.25, -0.2) is 14.8 Å². The lowest BCUT2D eigenvalue weighted by atomic mass is 10.1. The van der Waals surface area contributed by atoms with Crippen LogP contribution in [-0.2, 0) is 19.5 Å². The number of carbonyl (C=O) groups is 1. The van der Waals surface area contributed by atoms with Gasteiger partial charge in [-0.1, -0.05) is 0 Å². The number of nitrogens with one attached hydrogen (secondary N) is 1. The fourth-order valence-electron chi connectivity index (χ4n) is 3.66. The molecule has 0 bridgehead atoms. The molecular weight excluding hydrogens is 342 g/mol. The number of aromatic carboxylic acids is 1. The number of nitrogens with zero attached hydrogens (tertiary/aromatic N) is 4. The molecule has 0 radical (unpaired) electrons. The van der Waals surface area contributed by atoms with Gasteiger partial charge in [-0.3, -0.25) is 9.88 Å². The van der Waals surface area contributed by atoms with Crippen LogP contribution in [0.15, 0.2) is 30.7 Å². The van der Waals surface area contributed by atoms with E-state index in [9.17, 15) is 9.90 Å². The lowest BCUT2D eigenvalue weighted by molar-refractivity contribution is 0.0695. The maximum atomic E-state index is 11.4. The summed E-state index contributed by atoms with van der Waals surface area (Å²) in [6, 6.07) is 3.84. The minimum Gasteiger partial charge on any atom is -0.478 e. The zero-order valence-electron chi connectivity index (χ0n) is 15.4. The monoisotopic (exact) mass is 363 g/mol. The Kier molecular flexibility index (Phi) is 4.45. The third kappa shape index (κ3) is 3.33. The van der Waals surface area contributed by atoms with Crippen molar-refractivity contribution in [3.05, 3.63) is 64.5 Å². The highest BCUT2D eigenvalue weighted by atomic mass is 16.4. The molecule has 0 aromatic carbocycles. The van der Waals surface area contributed by atoms with E-state index >= 15 is 0 Å². The van der Waals surface area contributed by atoms with Crippen LogP contribution >= 0.6 is 0 Å². The maximum absolute atomic E-state index is 11.4. The number of aromatic amines is 1. The molecule has 4 heterocycles. The van der Waals surface area contributed by atoms with Gasteiger partial charge in [0.15, 0.2) is 5.82 Å². The Morgan fingerprint density at radius 2 is 2.19 bits per heavy atom. The maximum Gasteiger partial charge on any atom is 0.337 e. The first-order valence-corrected chi connectivity index (χ1v) is 8.92. The van der Waals surface area contributed by atoms with Crippen LogP contribution in [0.3, 0.4) is 0 Å². The van der Waals surface area contributed by atoms with Crippen LogP contribution in [0, 0.1) is 13.8 Å². The molecule has 7 nitrogen and oxygen atoms in total. The van der Waals surface area contributed by atoms with Gasteiger partial charge in [-0.05, 0) is 31.5 Å². The largest absolute Gasteiger partial charge is 0.478 e. The second-order valence-electron chi connectivity index (χ2n) is 6.90. The van der Waals surface area contributed by atoms with Gasteiger partial charge in [0, 0.05) is 67.2 Å². The Morgan fingerprint density at radius 1 is 1.33 bits per heavy atom. The molecule has 0 spiro atoms. The number of aryl methyl sites for hydroxylation is 1. The molecule has 0 aliphatic carbocycles. The summed E-state index contributed by atoms with van der Waals surface area (Å²) in [5, 5.41) is 9.36. The van der Waals surface area contributed by atoms with Gasteiger partial charge in [0.1, 0.15) is 0 Å². The fraction of sp³-hybridized carbons (Fsp3) is 0.300. The predicted molar refractivity (Wildman–Crippen MR) is 100 cm³/mol. The van der Waals surface area contributed by atoms with Crippen molar-refractivity contribution in [2.45, 2.75) is 33.4 Å². The van der Waals surface area contributed by atoms with Crippen LogP contribution in [0.25, 0.3) is 11.4 Å². The lowest BCUT2D eigenvalue weighted by Crippen LogP contribution is -2.31. The molecule has 3 aromatic heterocycles. The Morgan fingerprint density at radius 3 is 2.89 bits per heavy atom. The zero-order chi connectivity index (χ0) is 19.0. The van der Waals surface area contributed by atoms with Crippen LogP contribution in [-0.4, -0.2) is 42.5 Å². The van der Waals surface area contributed by atoms with Gasteiger partial charge in [0.25, 0.3) is 0 Å². The molecule has 0 unspecified atom stereocenters. The summed E-state index contributed by atoms with van der Waals surface area (Å²) < 4.78 is 0. The van der Waals surface area contributed by atoms with Crippen molar-refractivity contribution in [3.63, 3.8) is 0 Å². The fourth-order valence-corrected chi connectivity index (χ4v) is 3.66. The molecule has 0 fully saturated rings. The van der Waals surface area contributed by atoms with Gasteiger partial charge in [-0.2, -0.15) is 0 Å². The van der Waals surface area contributed by atoms with Gasteiger partial charge in [0.05, 0.1) is 11.3 Å². The first kappa shape index (κ1) is 17.4. The average Bonchev–Trinajstić information content (AvgIpc) is 2.95. The number of aromatic nitrogens is 4. The highest BCUT2D eigenvalue weighted by Crippen LogP contribution is 2.24. The Hall–Kier alpha value is -3.06. The molecule has 2 N–H and O–H groups in total. The highest BCUT2D eigenvalue weighted by Gasteiger charge is 2.22. The molecule has 27 heavy (non-hydrogen) atoms.